The Morgan fingerprint density at radius 3 is 2.26 bits per heavy atom. The maximum atomic E-state index is 13.4. The maximum Gasteiger partial charge on any atom is 0.310 e. The third kappa shape index (κ3) is 4.26. The molecule has 3 fully saturated rings. The lowest BCUT2D eigenvalue weighted by molar-refractivity contribution is -0.364. The molecule has 0 saturated carbocycles. The van der Waals surface area contributed by atoms with Crippen LogP contribution >= 0.6 is 0 Å². The maximum absolute atomic E-state index is 13.4. The van der Waals surface area contributed by atoms with Crippen molar-refractivity contribution in [2.24, 2.45) is 11.8 Å². The molecule has 226 valence electrons. The van der Waals surface area contributed by atoms with Gasteiger partial charge in [-0.15, -0.1) is 0 Å². The van der Waals surface area contributed by atoms with Crippen LogP contribution in [0.4, 0.5) is 0 Å². The molecule has 4 heterocycles. The highest BCUT2D eigenvalue weighted by Crippen LogP contribution is 2.57. The van der Waals surface area contributed by atoms with Crippen molar-refractivity contribution >= 4 is 5.97 Å². The molecule has 0 spiro atoms. The number of methoxy groups -OCH3 is 2. The van der Waals surface area contributed by atoms with Crippen LogP contribution in [-0.2, 0) is 28.5 Å². The van der Waals surface area contributed by atoms with Crippen LogP contribution in [0.25, 0.3) is 0 Å². The number of aliphatic hydroxyl groups excluding tert-OH is 2. The second-order valence-electron chi connectivity index (χ2n) is 11.0. The molecule has 0 unspecified atom stereocenters. The molecule has 0 aromatic heterocycles. The molecule has 7 rings (SSSR count). The van der Waals surface area contributed by atoms with E-state index in [1.807, 2.05) is 0 Å². The van der Waals surface area contributed by atoms with Crippen LogP contribution in [0.1, 0.15) is 35.6 Å². The smallest absolute Gasteiger partial charge is 0.310 e. The van der Waals surface area contributed by atoms with Gasteiger partial charge in [-0.05, 0) is 47.9 Å². The number of ether oxygens (including phenoxy) is 9. The molecule has 10 atom stereocenters. The van der Waals surface area contributed by atoms with Gasteiger partial charge in [0.25, 0.3) is 0 Å². The number of hydrogen-bond acceptors (Lipinski definition) is 13. The number of phenolic OH excluding ortho intramolecular Hbond substituents is 1. The van der Waals surface area contributed by atoms with E-state index in [0.717, 1.165) is 0 Å². The second kappa shape index (κ2) is 10.4. The number of carbonyl (C=O) groups excluding carboxylic acids is 1. The highest BCUT2D eigenvalue weighted by atomic mass is 16.8. The van der Waals surface area contributed by atoms with Crippen LogP contribution in [-0.4, -0.2) is 92.5 Å². The lowest BCUT2D eigenvalue weighted by Crippen LogP contribution is -2.63. The minimum Gasteiger partial charge on any atom is -0.502 e. The topological polar surface area (TPSA) is 161 Å². The average molecular weight is 589 g/mol. The summed E-state index contributed by atoms with van der Waals surface area (Å²) in [5.74, 6) is -1.02. The van der Waals surface area contributed by atoms with Crippen LogP contribution in [0.3, 0.4) is 0 Å². The fraction of sp³-hybridized carbons (Fsp3) is 0.552. The van der Waals surface area contributed by atoms with Gasteiger partial charge in [0.05, 0.1) is 39.5 Å². The van der Waals surface area contributed by atoms with Crippen molar-refractivity contribution in [3.8, 4) is 28.7 Å². The Morgan fingerprint density at radius 1 is 0.881 bits per heavy atom. The first-order valence-corrected chi connectivity index (χ1v) is 13.8. The molecular weight excluding hydrogens is 556 g/mol. The summed E-state index contributed by atoms with van der Waals surface area (Å²) in [5.41, 5.74) is 2.01. The molecule has 5 aliphatic rings. The lowest BCUT2D eigenvalue weighted by atomic mass is 9.66. The highest BCUT2D eigenvalue weighted by molar-refractivity contribution is 5.79. The molecule has 0 radical (unpaired) electrons. The summed E-state index contributed by atoms with van der Waals surface area (Å²) in [5, 5.41) is 32.5. The SMILES string of the molecule is COc1cc([C@@H]2c3cc4c(cc3[C@@H](O[C@@H]3O[C@@H]5CO[C@@H](C)O[C@H]5[C@H](O)[C@@H]3O)[C@H]3COC(=O)[C@@H]23)OCO4)cc(OC)c1O. The minimum atomic E-state index is -1.44. The number of aliphatic hydroxyl groups is 2. The lowest BCUT2D eigenvalue weighted by Gasteiger charge is -2.47. The third-order valence-corrected chi connectivity index (χ3v) is 8.75. The van der Waals surface area contributed by atoms with E-state index in [4.69, 9.17) is 42.6 Å². The normalized spacial score (nSPS) is 36.5. The van der Waals surface area contributed by atoms with Crippen molar-refractivity contribution in [1.29, 1.82) is 0 Å². The molecule has 42 heavy (non-hydrogen) atoms. The largest absolute Gasteiger partial charge is 0.502 e. The van der Waals surface area contributed by atoms with Gasteiger partial charge in [-0.2, -0.15) is 0 Å². The zero-order chi connectivity index (χ0) is 29.3. The molecule has 0 amide bonds. The molecule has 13 heteroatoms. The van der Waals surface area contributed by atoms with E-state index in [0.29, 0.717) is 28.2 Å². The summed E-state index contributed by atoms with van der Waals surface area (Å²) in [7, 11) is 2.86. The number of carbonyl (C=O) groups is 1. The molecule has 13 nitrogen and oxygen atoms in total. The number of benzene rings is 2. The van der Waals surface area contributed by atoms with E-state index in [9.17, 15) is 20.1 Å². The molecule has 4 aliphatic heterocycles. The van der Waals surface area contributed by atoms with Crippen LogP contribution in [0, 0.1) is 11.8 Å². The number of cyclic esters (lactones) is 1. The van der Waals surface area contributed by atoms with Crippen molar-refractivity contribution < 1.29 is 62.7 Å². The standard InChI is InChI=1S/C29H32O13/c1-11-36-9-20-27(40-11)24(31)25(32)29(41-20)42-26-14-7-17-16(38-10-39-17)6-13(14)21(22-15(26)8-37-28(22)33)12-4-18(34-2)23(30)19(5-12)35-3/h4-7,11,15,20-22,24-27,29-32H,8-10H2,1-3H3/t11-,15+,20-,21-,22-,24-,25+,26-,27-,29+/m1/s1. The first-order chi connectivity index (χ1) is 20.3. The number of hydrogen-bond donors (Lipinski definition) is 3. The Kier molecular flexibility index (Phi) is 6.83. The van der Waals surface area contributed by atoms with Gasteiger partial charge in [0, 0.05) is 11.8 Å². The molecule has 0 bridgehead atoms. The Hall–Kier alpha value is -3.33. The predicted molar refractivity (Wildman–Crippen MR) is 138 cm³/mol. The van der Waals surface area contributed by atoms with Crippen molar-refractivity contribution in [3.05, 3.63) is 41.0 Å². The zero-order valence-corrected chi connectivity index (χ0v) is 23.1. The fourth-order valence-electron chi connectivity index (χ4n) is 6.74. The average Bonchev–Trinajstić information content (AvgIpc) is 3.61. The monoisotopic (exact) mass is 588 g/mol. The Morgan fingerprint density at radius 2 is 1.57 bits per heavy atom. The first-order valence-electron chi connectivity index (χ1n) is 13.8. The minimum absolute atomic E-state index is 0.0301. The van der Waals surface area contributed by atoms with Gasteiger partial charge in [0.1, 0.15) is 24.4 Å². The van der Waals surface area contributed by atoms with E-state index in [1.165, 1.54) is 14.2 Å². The van der Waals surface area contributed by atoms with E-state index in [1.54, 1.807) is 31.2 Å². The van der Waals surface area contributed by atoms with E-state index in [2.05, 4.69) is 0 Å². The van der Waals surface area contributed by atoms with Crippen molar-refractivity contribution in [3.63, 3.8) is 0 Å². The van der Waals surface area contributed by atoms with Gasteiger partial charge in [-0.1, -0.05) is 0 Å². The second-order valence-corrected chi connectivity index (χ2v) is 11.0. The number of aromatic hydroxyl groups is 1. The summed E-state index contributed by atoms with van der Waals surface area (Å²) >= 11 is 0. The van der Waals surface area contributed by atoms with Gasteiger partial charge in [-0.25, -0.2) is 0 Å². The fourth-order valence-corrected chi connectivity index (χ4v) is 6.74. The van der Waals surface area contributed by atoms with Gasteiger partial charge in [0.15, 0.2) is 35.6 Å². The van der Waals surface area contributed by atoms with Crippen molar-refractivity contribution in [2.45, 2.75) is 55.9 Å². The van der Waals surface area contributed by atoms with Crippen molar-refractivity contribution in [1.82, 2.24) is 0 Å². The number of rotatable bonds is 5. The van der Waals surface area contributed by atoms with E-state index >= 15 is 0 Å². The molecule has 2 aromatic rings. The van der Waals surface area contributed by atoms with Crippen molar-refractivity contribution in [2.75, 3.05) is 34.2 Å². The molecule has 3 N–H and O–H groups in total. The highest BCUT2D eigenvalue weighted by Gasteiger charge is 2.56. The molecule has 2 aromatic carbocycles. The van der Waals surface area contributed by atoms with Crippen LogP contribution in [0.15, 0.2) is 24.3 Å². The van der Waals surface area contributed by atoms with Crippen LogP contribution < -0.4 is 18.9 Å². The van der Waals surface area contributed by atoms with E-state index in [-0.39, 0.29) is 37.3 Å². The number of fused-ring (bicyclic) bond motifs is 4. The first kappa shape index (κ1) is 27.5. The molecule has 3 saturated heterocycles. The molecular formula is C29H32O13. The summed E-state index contributed by atoms with van der Waals surface area (Å²) in [6.07, 6.45) is -6.80. The van der Waals surface area contributed by atoms with Gasteiger partial charge in [0.2, 0.25) is 12.5 Å². The molecule has 1 aliphatic carbocycles. The number of phenols is 1. The summed E-state index contributed by atoms with van der Waals surface area (Å²) in [6, 6.07) is 6.93. The summed E-state index contributed by atoms with van der Waals surface area (Å²) < 4.78 is 51.5. The van der Waals surface area contributed by atoms with Crippen LogP contribution in [0.5, 0.6) is 28.7 Å². The zero-order valence-electron chi connectivity index (χ0n) is 23.1. The number of esters is 1. The Labute approximate surface area is 240 Å². The quantitative estimate of drug-likeness (QED) is 0.430. The van der Waals surface area contributed by atoms with Gasteiger partial charge >= 0.3 is 5.97 Å². The summed E-state index contributed by atoms with van der Waals surface area (Å²) in [6.45, 7) is 1.93. The Bertz CT molecular complexity index is 1350. The van der Waals surface area contributed by atoms with Gasteiger partial charge < -0.3 is 58.0 Å². The Balaban J connectivity index is 1.32. The van der Waals surface area contributed by atoms with Gasteiger partial charge in [-0.3, -0.25) is 4.79 Å². The van der Waals surface area contributed by atoms with Crippen LogP contribution in [0.2, 0.25) is 0 Å². The summed E-state index contributed by atoms with van der Waals surface area (Å²) in [4.78, 5) is 13.4. The predicted octanol–water partition coefficient (Wildman–Crippen LogP) is 1.34. The third-order valence-electron chi connectivity index (χ3n) is 8.75. The van der Waals surface area contributed by atoms with E-state index < -0.39 is 66.8 Å².